The van der Waals surface area contributed by atoms with Crippen LogP contribution in [0.5, 0.6) is 0 Å². The number of aliphatic hydroxyl groups excluding tert-OH is 1. The normalized spacial score (nSPS) is 34.8. The third kappa shape index (κ3) is 3.95. The van der Waals surface area contributed by atoms with Crippen LogP contribution >= 0.6 is 11.8 Å². The quantitative estimate of drug-likeness (QED) is 0.851. The Kier molecular flexibility index (Phi) is 5.66. The number of rotatable bonds is 4. The number of nitrogens with zero attached hydrogens (tertiary/aromatic N) is 1. The molecule has 1 saturated heterocycles. The zero-order chi connectivity index (χ0) is 15.7. The number of aliphatic hydroxyl groups is 1. The Labute approximate surface area is 133 Å². The van der Waals surface area contributed by atoms with Crippen LogP contribution in [0.1, 0.15) is 40.0 Å². The van der Waals surface area contributed by atoms with Crippen LogP contribution in [0.25, 0.3) is 0 Å². The summed E-state index contributed by atoms with van der Waals surface area (Å²) in [6.45, 7) is 7.50. The predicted octanol–water partition coefficient (Wildman–Crippen LogP) is 1.98. The minimum atomic E-state index is -3.04. The van der Waals surface area contributed by atoms with Gasteiger partial charge in [-0.3, -0.25) is 4.90 Å². The zero-order valence-electron chi connectivity index (χ0n) is 13.4. The highest BCUT2D eigenvalue weighted by atomic mass is 32.2. The fraction of sp³-hybridized carbons (Fsp3) is 1.00. The van der Waals surface area contributed by atoms with Crippen LogP contribution in [-0.4, -0.2) is 60.3 Å². The lowest BCUT2D eigenvalue weighted by Crippen LogP contribution is -2.52. The third-order valence-electron chi connectivity index (χ3n) is 5.12. The van der Waals surface area contributed by atoms with Gasteiger partial charge in [0.05, 0.1) is 6.10 Å². The largest absolute Gasteiger partial charge is 0.392 e. The van der Waals surface area contributed by atoms with Gasteiger partial charge in [-0.15, -0.1) is 0 Å². The number of hydrogen-bond donors (Lipinski definition) is 1. The van der Waals surface area contributed by atoms with E-state index in [4.69, 9.17) is 0 Å². The van der Waals surface area contributed by atoms with Crippen molar-refractivity contribution in [1.29, 1.82) is 0 Å². The summed E-state index contributed by atoms with van der Waals surface area (Å²) in [6, 6.07) is 0. The number of thioether (sulfide) groups is 1. The molecule has 1 heterocycles. The summed E-state index contributed by atoms with van der Waals surface area (Å²) in [6.07, 6.45) is 2.86. The van der Waals surface area contributed by atoms with Crippen LogP contribution in [0.2, 0.25) is 0 Å². The molecule has 0 aromatic rings. The fourth-order valence-electron chi connectivity index (χ4n) is 3.60. The van der Waals surface area contributed by atoms with Crippen LogP contribution in [0.3, 0.4) is 0 Å². The van der Waals surface area contributed by atoms with Gasteiger partial charge >= 0.3 is 0 Å². The second-order valence-corrected chi connectivity index (χ2v) is 10.7. The highest BCUT2D eigenvalue weighted by molar-refractivity contribution is 8.01. The molecule has 0 bridgehead atoms. The zero-order valence-corrected chi connectivity index (χ0v) is 15.0. The van der Waals surface area contributed by atoms with Gasteiger partial charge in [-0.1, -0.05) is 27.2 Å². The van der Waals surface area contributed by atoms with E-state index in [-0.39, 0.29) is 28.6 Å². The van der Waals surface area contributed by atoms with Gasteiger partial charge < -0.3 is 5.11 Å². The van der Waals surface area contributed by atoms with Gasteiger partial charge in [-0.25, -0.2) is 8.42 Å². The molecule has 0 amide bonds. The first-order valence-corrected chi connectivity index (χ1v) is 10.9. The van der Waals surface area contributed by atoms with E-state index >= 15 is 0 Å². The van der Waals surface area contributed by atoms with Crippen molar-refractivity contribution in [2.24, 2.45) is 11.3 Å². The summed E-state index contributed by atoms with van der Waals surface area (Å²) in [4.78, 5) is 2.12. The standard InChI is InChI=1S/C15H29NO3S2/c1-4-21(18,19)13-11-20-9-8-16(13)10-12-6-5-7-15(2,3)14(12)17/h12-14,17H,4-11H2,1-3H3. The first-order valence-electron chi connectivity index (χ1n) is 7.99. The molecule has 6 heteroatoms. The van der Waals surface area contributed by atoms with Gasteiger partial charge in [-0.05, 0) is 24.2 Å². The highest BCUT2D eigenvalue weighted by Gasteiger charge is 2.41. The molecule has 21 heavy (non-hydrogen) atoms. The van der Waals surface area contributed by atoms with E-state index in [1.54, 1.807) is 18.7 Å². The maximum absolute atomic E-state index is 12.3. The van der Waals surface area contributed by atoms with E-state index in [1.807, 2.05) is 0 Å². The van der Waals surface area contributed by atoms with E-state index in [2.05, 4.69) is 18.7 Å². The molecule has 124 valence electrons. The van der Waals surface area contributed by atoms with Gasteiger partial charge in [0, 0.05) is 30.3 Å². The van der Waals surface area contributed by atoms with E-state index in [0.717, 1.165) is 38.1 Å². The lowest BCUT2D eigenvalue weighted by atomic mass is 9.69. The number of sulfone groups is 1. The van der Waals surface area contributed by atoms with Crippen LogP contribution in [0.15, 0.2) is 0 Å². The average Bonchev–Trinajstić information content (AvgIpc) is 2.44. The molecule has 0 aromatic heterocycles. The Morgan fingerprint density at radius 3 is 2.76 bits per heavy atom. The lowest BCUT2D eigenvalue weighted by Gasteiger charge is -2.44. The molecule has 2 aliphatic rings. The Morgan fingerprint density at radius 1 is 1.38 bits per heavy atom. The minimum Gasteiger partial charge on any atom is -0.392 e. The van der Waals surface area contributed by atoms with Crippen molar-refractivity contribution >= 4 is 21.6 Å². The Bertz CT molecular complexity index is 450. The molecule has 4 nitrogen and oxygen atoms in total. The van der Waals surface area contributed by atoms with Crippen molar-refractivity contribution in [3.63, 3.8) is 0 Å². The van der Waals surface area contributed by atoms with Gasteiger partial charge in [0.2, 0.25) is 0 Å². The molecular formula is C15H29NO3S2. The molecule has 3 unspecified atom stereocenters. The molecule has 1 N–H and O–H groups in total. The summed E-state index contributed by atoms with van der Waals surface area (Å²) in [5.41, 5.74) is -0.0490. The van der Waals surface area contributed by atoms with Crippen LogP contribution < -0.4 is 0 Å². The molecule has 0 aromatic carbocycles. The summed E-state index contributed by atoms with van der Waals surface area (Å²) >= 11 is 1.73. The maximum atomic E-state index is 12.3. The molecule has 1 aliphatic carbocycles. The van der Waals surface area contributed by atoms with E-state index in [0.29, 0.717) is 5.75 Å². The van der Waals surface area contributed by atoms with Gasteiger partial charge in [-0.2, -0.15) is 11.8 Å². The SMILES string of the molecule is CCS(=O)(=O)C1CSCCN1CC1CCCC(C)(C)C1O. The molecule has 2 rings (SSSR count). The Hall–Kier alpha value is 0.220. The predicted molar refractivity (Wildman–Crippen MR) is 89.3 cm³/mol. The minimum absolute atomic E-state index is 0.0490. The molecule has 2 fully saturated rings. The molecular weight excluding hydrogens is 306 g/mol. The lowest BCUT2D eigenvalue weighted by molar-refractivity contribution is -0.0433. The van der Waals surface area contributed by atoms with Crippen molar-refractivity contribution in [3.05, 3.63) is 0 Å². The van der Waals surface area contributed by atoms with Crippen LogP contribution in [0.4, 0.5) is 0 Å². The van der Waals surface area contributed by atoms with E-state index < -0.39 is 9.84 Å². The second kappa shape index (κ2) is 6.77. The van der Waals surface area contributed by atoms with Crippen molar-refractivity contribution in [3.8, 4) is 0 Å². The summed E-state index contributed by atoms with van der Waals surface area (Å²) in [5, 5.41) is 10.2. The van der Waals surface area contributed by atoms with Gasteiger partial charge in [0.1, 0.15) is 5.37 Å². The monoisotopic (exact) mass is 335 g/mol. The molecule has 0 spiro atoms. The smallest absolute Gasteiger partial charge is 0.166 e. The maximum Gasteiger partial charge on any atom is 0.166 e. The summed E-state index contributed by atoms with van der Waals surface area (Å²) in [7, 11) is -3.04. The highest BCUT2D eigenvalue weighted by Crippen LogP contribution is 2.39. The number of hydrogen-bond acceptors (Lipinski definition) is 5. The molecule has 3 atom stereocenters. The van der Waals surface area contributed by atoms with Crippen molar-refractivity contribution < 1.29 is 13.5 Å². The first kappa shape index (κ1) is 17.6. The molecule has 1 saturated carbocycles. The Morgan fingerprint density at radius 2 is 2.10 bits per heavy atom. The van der Waals surface area contributed by atoms with Crippen molar-refractivity contribution in [2.45, 2.75) is 51.5 Å². The van der Waals surface area contributed by atoms with E-state index in [9.17, 15) is 13.5 Å². The van der Waals surface area contributed by atoms with Gasteiger partial charge in [0.25, 0.3) is 0 Å². The van der Waals surface area contributed by atoms with Crippen molar-refractivity contribution in [2.75, 3.05) is 30.3 Å². The van der Waals surface area contributed by atoms with Crippen molar-refractivity contribution in [1.82, 2.24) is 4.90 Å². The summed E-state index contributed by atoms with van der Waals surface area (Å²) in [5.74, 6) is 2.06. The topological polar surface area (TPSA) is 57.6 Å². The fourth-order valence-corrected chi connectivity index (χ4v) is 6.69. The molecule has 1 aliphatic heterocycles. The summed E-state index contributed by atoms with van der Waals surface area (Å²) < 4.78 is 24.6. The Balaban J connectivity index is 2.09. The third-order valence-corrected chi connectivity index (χ3v) is 8.45. The molecule has 0 radical (unpaired) electrons. The van der Waals surface area contributed by atoms with Crippen LogP contribution in [0, 0.1) is 11.3 Å². The second-order valence-electron chi connectivity index (χ2n) is 7.06. The van der Waals surface area contributed by atoms with Gasteiger partial charge in [0.15, 0.2) is 9.84 Å². The first-order chi connectivity index (χ1) is 9.78. The van der Waals surface area contributed by atoms with Crippen LogP contribution in [-0.2, 0) is 9.84 Å². The average molecular weight is 336 g/mol. The van der Waals surface area contributed by atoms with E-state index in [1.165, 1.54) is 0 Å².